The first-order chi connectivity index (χ1) is 18.9. The molecule has 39 heavy (non-hydrogen) atoms. The molecule has 11 heteroatoms. The average molecular weight is 569 g/mol. The third kappa shape index (κ3) is 5.56. The number of amides is 2. The maximum atomic E-state index is 14.2. The number of nitrogens with zero attached hydrogens (tertiary/aromatic N) is 5. The van der Waals surface area contributed by atoms with Gasteiger partial charge < -0.3 is 10.2 Å². The highest BCUT2D eigenvalue weighted by molar-refractivity contribution is 6.53. The van der Waals surface area contributed by atoms with Gasteiger partial charge in [-0.15, -0.1) is 10.2 Å². The number of unbranched alkanes of at least 4 members (excludes halogenated alkanes) is 1. The lowest BCUT2D eigenvalue weighted by Gasteiger charge is -2.44. The molecular weight excluding hydrogens is 537 g/mol. The van der Waals surface area contributed by atoms with Crippen molar-refractivity contribution in [3.63, 3.8) is 0 Å². The Hall–Kier alpha value is -3.30. The Balaban J connectivity index is 1.46. The van der Waals surface area contributed by atoms with E-state index in [1.54, 1.807) is 30.3 Å². The predicted molar refractivity (Wildman–Crippen MR) is 150 cm³/mol. The highest BCUT2D eigenvalue weighted by atomic mass is 35.5. The van der Waals surface area contributed by atoms with Crippen molar-refractivity contribution in [1.82, 2.24) is 30.8 Å². The molecule has 1 aliphatic heterocycles. The second-order valence-electron chi connectivity index (χ2n) is 10.1. The summed E-state index contributed by atoms with van der Waals surface area (Å²) in [7, 11) is 0. The van der Waals surface area contributed by atoms with Crippen LogP contribution in [0.2, 0.25) is 10.0 Å². The first kappa shape index (κ1) is 27.3. The van der Waals surface area contributed by atoms with Crippen molar-refractivity contribution in [2.24, 2.45) is 4.99 Å². The van der Waals surface area contributed by atoms with Crippen LogP contribution < -0.4 is 5.32 Å². The van der Waals surface area contributed by atoms with Gasteiger partial charge in [-0.3, -0.25) is 14.6 Å². The molecule has 1 fully saturated rings. The molecule has 9 nitrogen and oxygen atoms in total. The Morgan fingerprint density at radius 2 is 1.82 bits per heavy atom. The minimum atomic E-state index is -0.633. The number of carbonyl (C=O) groups excluding carboxylic acids is 2. The number of rotatable bonds is 9. The third-order valence-electron chi connectivity index (χ3n) is 7.54. The summed E-state index contributed by atoms with van der Waals surface area (Å²) in [6.07, 6.45) is 7.42. The fourth-order valence-corrected chi connectivity index (χ4v) is 6.20. The summed E-state index contributed by atoms with van der Waals surface area (Å²) >= 11 is 13.1. The number of tetrazole rings is 1. The van der Waals surface area contributed by atoms with Crippen LogP contribution in [0.3, 0.4) is 0 Å². The van der Waals surface area contributed by atoms with Crippen LogP contribution in [0.4, 0.5) is 0 Å². The van der Waals surface area contributed by atoms with Gasteiger partial charge in [0.05, 0.1) is 22.6 Å². The van der Waals surface area contributed by atoms with Crippen LogP contribution in [-0.2, 0) is 11.3 Å². The molecule has 5 rings (SSSR count). The lowest BCUT2D eigenvalue weighted by atomic mass is 9.86. The maximum Gasteiger partial charge on any atom is 0.275 e. The quantitative estimate of drug-likeness (QED) is 0.346. The first-order valence-electron chi connectivity index (χ1n) is 13.4. The summed E-state index contributed by atoms with van der Waals surface area (Å²) in [5, 5.41) is 17.2. The van der Waals surface area contributed by atoms with E-state index in [0.29, 0.717) is 32.7 Å². The van der Waals surface area contributed by atoms with Crippen molar-refractivity contribution in [3.8, 4) is 0 Å². The average Bonchev–Trinajstić information content (AvgIpc) is 3.56. The summed E-state index contributed by atoms with van der Waals surface area (Å²) < 4.78 is 0. The van der Waals surface area contributed by atoms with E-state index in [1.165, 1.54) is 0 Å². The number of aliphatic imine (C=N–C) groups is 1. The Morgan fingerprint density at radius 1 is 1.10 bits per heavy atom. The Morgan fingerprint density at radius 3 is 2.46 bits per heavy atom. The summed E-state index contributed by atoms with van der Waals surface area (Å²) in [6.45, 7) is 2.31. The molecule has 2 aromatic carbocycles. The predicted octanol–water partition coefficient (Wildman–Crippen LogP) is 5.66. The van der Waals surface area contributed by atoms with E-state index in [9.17, 15) is 9.59 Å². The van der Waals surface area contributed by atoms with E-state index >= 15 is 0 Å². The molecule has 2 N–H and O–H groups in total. The Bertz CT molecular complexity index is 1330. The van der Waals surface area contributed by atoms with E-state index in [2.05, 4.69) is 32.9 Å². The molecule has 3 aromatic rings. The molecule has 0 radical (unpaired) electrons. The van der Waals surface area contributed by atoms with Crippen molar-refractivity contribution in [1.29, 1.82) is 0 Å². The van der Waals surface area contributed by atoms with Gasteiger partial charge in [-0.1, -0.05) is 72.8 Å². The molecule has 204 valence electrons. The van der Waals surface area contributed by atoms with Gasteiger partial charge in [0.2, 0.25) is 0 Å². The summed E-state index contributed by atoms with van der Waals surface area (Å²) in [5.41, 5.74) is 1.69. The van der Waals surface area contributed by atoms with Crippen molar-refractivity contribution in [2.75, 3.05) is 0 Å². The molecule has 1 spiro atoms. The van der Waals surface area contributed by atoms with Crippen LogP contribution in [-0.4, -0.2) is 48.7 Å². The fourth-order valence-electron chi connectivity index (χ4n) is 5.62. The molecular formula is C28H31Cl2N7O2. The summed E-state index contributed by atoms with van der Waals surface area (Å²) in [5.74, 6) is 0.0192. The van der Waals surface area contributed by atoms with Crippen LogP contribution in [0.5, 0.6) is 0 Å². The van der Waals surface area contributed by atoms with Gasteiger partial charge in [-0.05, 0) is 61.9 Å². The zero-order valence-corrected chi connectivity index (χ0v) is 23.3. The number of aromatic nitrogens is 4. The highest BCUT2D eigenvalue weighted by Gasteiger charge is 2.51. The lowest BCUT2D eigenvalue weighted by molar-refractivity contribution is -0.132. The van der Waals surface area contributed by atoms with Gasteiger partial charge in [-0.2, -0.15) is 5.21 Å². The zero-order chi connectivity index (χ0) is 27.4. The fraction of sp³-hybridized carbons (Fsp3) is 0.429. The highest BCUT2D eigenvalue weighted by Crippen LogP contribution is 2.46. The van der Waals surface area contributed by atoms with Gasteiger partial charge in [-0.25, -0.2) is 0 Å². The molecule has 2 aliphatic rings. The third-order valence-corrected chi connectivity index (χ3v) is 8.17. The van der Waals surface area contributed by atoms with E-state index in [4.69, 9.17) is 28.2 Å². The monoisotopic (exact) mass is 567 g/mol. The number of nitrogens with one attached hydrogen (secondary N) is 2. The molecule has 1 saturated carbocycles. The summed E-state index contributed by atoms with van der Waals surface area (Å²) in [4.78, 5) is 34.0. The van der Waals surface area contributed by atoms with Crippen LogP contribution in [0.15, 0.2) is 47.5 Å². The SMILES string of the molecule is CCCC[C@H](c1ccc(C(=O)NCc2nn[nH]n2)cc1)N1C(=O)C(c2c(Cl)cccc2Cl)=NC12CCCCC2. The molecule has 2 amide bonds. The van der Waals surface area contributed by atoms with Gasteiger partial charge >= 0.3 is 0 Å². The normalized spacial score (nSPS) is 17.4. The molecule has 2 heterocycles. The van der Waals surface area contributed by atoms with Gasteiger partial charge in [0.25, 0.3) is 11.8 Å². The van der Waals surface area contributed by atoms with Crippen LogP contribution in [0, 0.1) is 0 Å². The van der Waals surface area contributed by atoms with E-state index in [-0.39, 0.29) is 24.4 Å². The van der Waals surface area contributed by atoms with Gasteiger partial charge in [0, 0.05) is 11.1 Å². The van der Waals surface area contributed by atoms with E-state index < -0.39 is 5.66 Å². The molecule has 0 saturated heterocycles. The van der Waals surface area contributed by atoms with Crippen LogP contribution >= 0.6 is 23.2 Å². The number of H-pyrrole nitrogens is 1. The number of halogens is 2. The van der Waals surface area contributed by atoms with E-state index in [1.807, 2.05) is 17.0 Å². The van der Waals surface area contributed by atoms with Crippen molar-refractivity contribution in [3.05, 3.63) is 75.0 Å². The van der Waals surface area contributed by atoms with Gasteiger partial charge in [0.15, 0.2) is 5.82 Å². The first-order valence-corrected chi connectivity index (χ1v) is 14.2. The minimum Gasteiger partial charge on any atom is -0.345 e. The van der Waals surface area contributed by atoms with Crippen molar-refractivity contribution >= 4 is 40.7 Å². The van der Waals surface area contributed by atoms with E-state index in [0.717, 1.165) is 56.9 Å². The topological polar surface area (TPSA) is 116 Å². The number of carbonyl (C=O) groups is 2. The van der Waals surface area contributed by atoms with Crippen LogP contribution in [0.1, 0.15) is 91.6 Å². The largest absolute Gasteiger partial charge is 0.345 e. The molecule has 1 aliphatic carbocycles. The van der Waals surface area contributed by atoms with Crippen molar-refractivity contribution in [2.45, 2.75) is 76.5 Å². The van der Waals surface area contributed by atoms with Crippen molar-refractivity contribution < 1.29 is 9.59 Å². The standard InChI is InChI=1S/C28H31Cl2N7O2/c1-2-3-10-22(18-11-13-19(14-12-18)26(38)31-17-23-33-35-36-34-23)37-27(39)25(24-20(29)8-7-9-21(24)30)32-28(37)15-5-4-6-16-28/h7-9,11-14,22H,2-6,10,15-17H2,1H3,(H,31,38)(H,33,34,35,36)/t22-/m1/s1. The minimum absolute atomic E-state index is 0.144. The van der Waals surface area contributed by atoms with Crippen LogP contribution in [0.25, 0.3) is 0 Å². The molecule has 1 aromatic heterocycles. The Labute approximate surface area is 237 Å². The second-order valence-corrected chi connectivity index (χ2v) is 10.9. The molecule has 0 bridgehead atoms. The maximum absolute atomic E-state index is 14.2. The smallest absolute Gasteiger partial charge is 0.275 e. The van der Waals surface area contributed by atoms with Gasteiger partial charge in [0.1, 0.15) is 11.4 Å². The summed E-state index contributed by atoms with van der Waals surface area (Å²) in [6, 6.07) is 12.5. The number of benzene rings is 2. The molecule has 0 unspecified atom stereocenters. The Kier molecular flexibility index (Phi) is 8.28. The second kappa shape index (κ2) is 11.8. The molecule has 1 atom stereocenters. The lowest BCUT2D eigenvalue weighted by Crippen LogP contribution is -2.50. The zero-order valence-electron chi connectivity index (χ0n) is 21.8. The number of hydrogen-bond acceptors (Lipinski definition) is 6. The number of aromatic amines is 1. The number of hydrogen-bond donors (Lipinski definition) is 2.